The predicted octanol–water partition coefficient (Wildman–Crippen LogP) is 3.30. The lowest BCUT2D eigenvalue weighted by molar-refractivity contribution is 0.452. The van der Waals surface area contributed by atoms with Crippen molar-refractivity contribution in [1.82, 2.24) is 4.98 Å². The van der Waals surface area contributed by atoms with Crippen molar-refractivity contribution in [3.63, 3.8) is 0 Å². The molecule has 0 atom stereocenters. The fourth-order valence-corrected chi connectivity index (χ4v) is 5.91. The van der Waals surface area contributed by atoms with Crippen LogP contribution in [-0.2, 0) is 45.9 Å². The van der Waals surface area contributed by atoms with Crippen molar-refractivity contribution >= 4 is 20.2 Å². The third-order valence-electron chi connectivity index (χ3n) is 6.61. The monoisotopic (exact) mass is 557 g/mol. The standard InChI is InChI=1S/C26H23NO9S2/c28-24-14-2-1-3-15(24)8-20-4-5-21(27-20)9-19-13-23(38(34,35)36)12-18(26(19)30)7-17-11-22(37(31,32)33)10-16(6-14)25(17)29/h1-5,10-13,27-30H,6-9H2,(H,31,32,33)(H,34,35,36). The van der Waals surface area contributed by atoms with Gasteiger partial charge in [0.25, 0.3) is 20.2 Å². The van der Waals surface area contributed by atoms with Crippen LogP contribution in [0.3, 0.4) is 0 Å². The second-order valence-corrected chi connectivity index (χ2v) is 12.1. The first kappa shape index (κ1) is 25.8. The molecule has 0 saturated carbocycles. The molecule has 1 aromatic heterocycles. The van der Waals surface area contributed by atoms with E-state index in [4.69, 9.17) is 0 Å². The van der Waals surface area contributed by atoms with E-state index < -0.39 is 30.0 Å². The normalized spacial score (nSPS) is 13.8. The Labute approximate surface area is 218 Å². The van der Waals surface area contributed by atoms with Gasteiger partial charge in [0.1, 0.15) is 17.2 Å². The summed E-state index contributed by atoms with van der Waals surface area (Å²) >= 11 is 0. The number of para-hydroxylation sites is 1. The first-order valence-corrected chi connectivity index (χ1v) is 14.3. The second kappa shape index (κ2) is 9.17. The quantitative estimate of drug-likeness (QED) is 0.177. The topological polar surface area (TPSA) is 185 Å². The van der Waals surface area contributed by atoms with Gasteiger partial charge in [0.2, 0.25) is 0 Å². The third kappa shape index (κ3) is 4.98. The molecule has 0 spiro atoms. The van der Waals surface area contributed by atoms with Gasteiger partial charge in [-0.05, 0) is 42.0 Å². The molecule has 8 bridgehead atoms. The summed E-state index contributed by atoms with van der Waals surface area (Å²) in [4.78, 5) is 2.18. The number of H-pyrrole nitrogens is 1. The maximum absolute atomic E-state index is 12.0. The number of aromatic amines is 1. The minimum absolute atomic E-state index is 0.00687. The maximum atomic E-state index is 12.0. The van der Waals surface area contributed by atoms with Crippen LogP contribution in [0.1, 0.15) is 44.8 Å². The van der Waals surface area contributed by atoms with Crippen LogP contribution in [0, 0.1) is 0 Å². The van der Waals surface area contributed by atoms with E-state index >= 15 is 0 Å². The van der Waals surface area contributed by atoms with E-state index in [-0.39, 0.29) is 58.8 Å². The Morgan fingerprint density at radius 3 is 1.32 bits per heavy atom. The lowest BCUT2D eigenvalue weighted by Crippen LogP contribution is -2.06. The van der Waals surface area contributed by atoms with E-state index in [1.807, 2.05) is 0 Å². The fourth-order valence-electron chi connectivity index (χ4n) is 4.74. The summed E-state index contributed by atoms with van der Waals surface area (Å²) in [6.07, 6.45) is -0.0900. The molecule has 198 valence electrons. The molecule has 0 unspecified atom stereocenters. The van der Waals surface area contributed by atoms with Crippen LogP contribution in [-0.4, -0.2) is 46.2 Å². The molecule has 0 fully saturated rings. The van der Waals surface area contributed by atoms with Crippen LogP contribution < -0.4 is 0 Å². The number of benzene rings is 3. The molecule has 38 heavy (non-hydrogen) atoms. The van der Waals surface area contributed by atoms with E-state index in [1.54, 1.807) is 30.3 Å². The zero-order chi connectivity index (χ0) is 27.4. The number of fused-ring (bicyclic) bond motifs is 8. The summed E-state index contributed by atoms with van der Waals surface area (Å²) in [5.41, 5.74) is 2.49. The maximum Gasteiger partial charge on any atom is 0.294 e. The van der Waals surface area contributed by atoms with E-state index in [0.29, 0.717) is 23.2 Å². The second-order valence-electron chi connectivity index (χ2n) is 9.27. The van der Waals surface area contributed by atoms with Crippen molar-refractivity contribution < 1.29 is 41.3 Å². The van der Waals surface area contributed by atoms with Crippen molar-refractivity contribution in [3.05, 3.63) is 99.4 Å². The number of nitrogens with one attached hydrogen (secondary N) is 1. The molecule has 1 aliphatic heterocycles. The molecule has 12 heteroatoms. The van der Waals surface area contributed by atoms with Crippen LogP contribution >= 0.6 is 0 Å². The van der Waals surface area contributed by atoms with Gasteiger partial charge in [-0.3, -0.25) is 9.11 Å². The van der Waals surface area contributed by atoms with Gasteiger partial charge in [0.15, 0.2) is 0 Å². The number of rotatable bonds is 2. The number of aromatic hydroxyl groups is 3. The zero-order valence-electron chi connectivity index (χ0n) is 19.7. The molecule has 2 heterocycles. The van der Waals surface area contributed by atoms with Gasteiger partial charge in [0.05, 0.1) is 9.79 Å². The molecule has 0 saturated heterocycles. The number of phenols is 3. The summed E-state index contributed by atoms with van der Waals surface area (Å²) in [5, 5.41) is 33.1. The molecule has 0 amide bonds. The van der Waals surface area contributed by atoms with E-state index in [0.717, 1.165) is 30.0 Å². The van der Waals surface area contributed by atoms with Crippen molar-refractivity contribution in [3.8, 4) is 17.2 Å². The van der Waals surface area contributed by atoms with Gasteiger partial charge in [-0.1, -0.05) is 18.2 Å². The van der Waals surface area contributed by atoms with Crippen LogP contribution in [0.15, 0.2) is 64.4 Å². The largest absolute Gasteiger partial charge is 0.507 e. The van der Waals surface area contributed by atoms with Crippen molar-refractivity contribution in [2.24, 2.45) is 0 Å². The van der Waals surface area contributed by atoms with Gasteiger partial charge >= 0.3 is 0 Å². The Morgan fingerprint density at radius 1 is 0.526 bits per heavy atom. The number of hydrogen-bond donors (Lipinski definition) is 6. The number of phenolic OH excluding ortho intramolecular Hbond substituents is 3. The van der Waals surface area contributed by atoms with E-state index in [1.165, 1.54) is 0 Å². The Morgan fingerprint density at radius 2 is 0.868 bits per heavy atom. The van der Waals surface area contributed by atoms with Crippen molar-refractivity contribution in [1.29, 1.82) is 0 Å². The summed E-state index contributed by atoms with van der Waals surface area (Å²) in [5.74, 6) is -0.698. The zero-order valence-corrected chi connectivity index (χ0v) is 21.3. The molecular formula is C26H23NO9S2. The highest BCUT2D eigenvalue weighted by atomic mass is 32.2. The van der Waals surface area contributed by atoms with Crippen LogP contribution in [0.2, 0.25) is 0 Å². The smallest absolute Gasteiger partial charge is 0.294 e. The Kier molecular flexibility index (Phi) is 6.22. The average Bonchev–Trinajstić information content (AvgIpc) is 3.26. The highest BCUT2D eigenvalue weighted by Gasteiger charge is 2.23. The van der Waals surface area contributed by atoms with Gasteiger partial charge < -0.3 is 20.3 Å². The fraction of sp³-hybridized carbons (Fsp3) is 0.154. The molecular weight excluding hydrogens is 534 g/mol. The third-order valence-corrected chi connectivity index (χ3v) is 8.27. The summed E-state index contributed by atoms with van der Waals surface area (Å²) in [6, 6.07) is 12.9. The summed E-state index contributed by atoms with van der Waals surface area (Å²) < 4.78 is 67.6. The van der Waals surface area contributed by atoms with E-state index in [9.17, 15) is 41.3 Å². The Balaban J connectivity index is 1.79. The highest BCUT2D eigenvalue weighted by molar-refractivity contribution is 7.86. The molecule has 1 aliphatic rings. The molecule has 5 rings (SSSR count). The average molecular weight is 558 g/mol. The number of aromatic nitrogens is 1. The molecule has 10 nitrogen and oxygen atoms in total. The SMILES string of the molecule is O=S(=O)(O)c1cc2c(O)c(c1)Cc1cc(S(=O)(=O)O)cc(c1O)Cc1cccc(c1O)Cc1ccc([nH]1)C2. The minimum Gasteiger partial charge on any atom is -0.507 e. The van der Waals surface area contributed by atoms with Crippen LogP contribution in [0.25, 0.3) is 0 Å². The van der Waals surface area contributed by atoms with Crippen molar-refractivity contribution in [2.45, 2.75) is 35.5 Å². The molecule has 6 N–H and O–H groups in total. The van der Waals surface area contributed by atoms with Gasteiger partial charge in [0, 0.05) is 64.9 Å². The van der Waals surface area contributed by atoms with E-state index in [2.05, 4.69) is 4.98 Å². The minimum atomic E-state index is -4.72. The first-order valence-electron chi connectivity index (χ1n) is 11.4. The lowest BCUT2D eigenvalue weighted by Gasteiger charge is -2.17. The summed E-state index contributed by atoms with van der Waals surface area (Å²) in [7, 11) is -9.41. The first-order chi connectivity index (χ1) is 17.8. The molecule has 0 aliphatic carbocycles. The molecule has 0 radical (unpaired) electrons. The highest BCUT2D eigenvalue weighted by Crippen LogP contribution is 2.37. The predicted molar refractivity (Wildman–Crippen MR) is 136 cm³/mol. The van der Waals surface area contributed by atoms with Gasteiger partial charge in [-0.2, -0.15) is 16.8 Å². The van der Waals surface area contributed by atoms with Crippen LogP contribution in [0.4, 0.5) is 0 Å². The Bertz CT molecular complexity index is 1810. The number of hydrogen-bond acceptors (Lipinski definition) is 7. The summed E-state index contributed by atoms with van der Waals surface area (Å²) in [6.45, 7) is 0. The van der Waals surface area contributed by atoms with Gasteiger partial charge in [-0.25, -0.2) is 0 Å². The molecule has 4 aromatic rings. The molecule has 3 aromatic carbocycles. The van der Waals surface area contributed by atoms with Gasteiger partial charge in [-0.15, -0.1) is 0 Å². The van der Waals surface area contributed by atoms with Crippen LogP contribution in [0.5, 0.6) is 17.2 Å². The Hall–Kier alpha value is -3.84. The lowest BCUT2D eigenvalue weighted by atomic mass is 9.94. The van der Waals surface area contributed by atoms with Crippen molar-refractivity contribution in [2.75, 3.05) is 0 Å².